The zero-order chi connectivity index (χ0) is 9.90. The normalized spacial score (nSPS) is 34.2. The number of rotatable bonds is 2. The van der Waals surface area contributed by atoms with E-state index in [1.54, 1.807) is 0 Å². The van der Waals surface area contributed by atoms with Crippen molar-refractivity contribution in [3.63, 3.8) is 0 Å². The minimum absolute atomic E-state index is 0.0344. The van der Waals surface area contributed by atoms with Gasteiger partial charge in [-0.1, -0.05) is 19.8 Å². The maximum Gasteiger partial charge on any atom is 0.220 e. The fourth-order valence-electron chi connectivity index (χ4n) is 1.84. The molecule has 0 bridgehead atoms. The number of nitrogens with one attached hydrogen (secondary N) is 1. The van der Waals surface area contributed by atoms with Gasteiger partial charge in [-0.25, -0.2) is 0 Å². The highest BCUT2D eigenvalue weighted by atomic mass is 16.3. The quantitative estimate of drug-likeness (QED) is 0.679. The minimum atomic E-state index is -0.705. The Morgan fingerprint density at radius 1 is 1.62 bits per heavy atom. The van der Waals surface area contributed by atoms with Gasteiger partial charge in [0.2, 0.25) is 5.91 Å². The molecule has 0 heterocycles. The van der Waals surface area contributed by atoms with E-state index in [2.05, 4.69) is 5.32 Å². The molecule has 0 aromatic carbocycles. The van der Waals surface area contributed by atoms with Crippen molar-refractivity contribution in [1.29, 1.82) is 0 Å². The van der Waals surface area contributed by atoms with Crippen LogP contribution >= 0.6 is 0 Å². The summed E-state index contributed by atoms with van der Waals surface area (Å²) in [5.74, 6) is 0.0344. The van der Waals surface area contributed by atoms with Gasteiger partial charge in [-0.05, 0) is 19.8 Å². The molecule has 1 amide bonds. The van der Waals surface area contributed by atoms with Crippen LogP contribution in [0.5, 0.6) is 0 Å². The van der Waals surface area contributed by atoms with Crippen LogP contribution in [0.3, 0.4) is 0 Å². The SMILES string of the molecule is CCC(=O)NC1CCCCC1(C)O. The molecular formula is C10H19NO2. The molecule has 76 valence electrons. The van der Waals surface area contributed by atoms with E-state index in [0.29, 0.717) is 6.42 Å². The maximum absolute atomic E-state index is 11.1. The van der Waals surface area contributed by atoms with E-state index >= 15 is 0 Å². The molecule has 0 spiro atoms. The Hall–Kier alpha value is -0.570. The predicted octanol–water partition coefficient (Wildman–Crippen LogP) is 1.21. The molecule has 1 aliphatic carbocycles. The van der Waals surface area contributed by atoms with Crippen molar-refractivity contribution < 1.29 is 9.90 Å². The van der Waals surface area contributed by atoms with Gasteiger partial charge in [-0.2, -0.15) is 0 Å². The lowest BCUT2D eigenvalue weighted by Crippen LogP contribution is -2.52. The van der Waals surface area contributed by atoms with Crippen LogP contribution in [0.1, 0.15) is 46.0 Å². The molecule has 2 atom stereocenters. The van der Waals surface area contributed by atoms with Gasteiger partial charge in [0.25, 0.3) is 0 Å². The highest BCUT2D eigenvalue weighted by Gasteiger charge is 2.34. The fourth-order valence-corrected chi connectivity index (χ4v) is 1.84. The van der Waals surface area contributed by atoms with E-state index in [-0.39, 0.29) is 11.9 Å². The van der Waals surface area contributed by atoms with E-state index < -0.39 is 5.60 Å². The van der Waals surface area contributed by atoms with Crippen molar-refractivity contribution in [2.75, 3.05) is 0 Å². The first-order valence-electron chi connectivity index (χ1n) is 5.08. The van der Waals surface area contributed by atoms with E-state index in [1.165, 1.54) is 0 Å². The zero-order valence-corrected chi connectivity index (χ0v) is 8.47. The first-order valence-corrected chi connectivity index (χ1v) is 5.08. The number of amides is 1. The van der Waals surface area contributed by atoms with Gasteiger partial charge in [0.05, 0.1) is 11.6 Å². The molecule has 0 aromatic heterocycles. The summed E-state index contributed by atoms with van der Waals surface area (Å²) in [6.45, 7) is 3.64. The second-order valence-corrected chi connectivity index (χ2v) is 4.08. The van der Waals surface area contributed by atoms with Crippen LogP contribution in [0, 0.1) is 0 Å². The number of aliphatic hydroxyl groups is 1. The smallest absolute Gasteiger partial charge is 0.220 e. The van der Waals surface area contributed by atoms with Crippen molar-refractivity contribution in [1.82, 2.24) is 5.32 Å². The van der Waals surface area contributed by atoms with Crippen LogP contribution in [-0.4, -0.2) is 22.7 Å². The molecule has 1 fully saturated rings. The lowest BCUT2D eigenvalue weighted by atomic mass is 9.82. The topological polar surface area (TPSA) is 49.3 Å². The second kappa shape index (κ2) is 4.09. The summed E-state index contributed by atoms with van der Waals surface area (Å²) in [5, 5.41) is 12.8. The average Bonchev–Trinajstić information content (AvgIpc) is 2.08. The Labute approximate surface area is 79.5 Å². The van der Waals surface area contributed by atoms with Gasteiger partial charge in [0.15, 0.2) is 0 Å². The van der Waals surface area contributed by atoms with Gasteiger partial charge in [0.1, 0.15) is 0 Å². The van der Waals surface area contributed by atoms with Gasteiger partial charge >= 0.3 is 0 Å². The highest BCUT2D eigenvalue weighted by molar-refractivity contribution is 5.76. The minimum Gasteiger partial charge on any atom is -0.388 e. The third-order valence-electron chi connectivity index (χ3n) is 2.83. The summed E-state index contributed by atoms with van der Waals surface area (Å²) in [4.78, 5) is 11.1. The third-order valence-corrected chi connectivity index (χ3v) is 2.83. The molecular weight excluding hydrogens is 166 g/mol. The van der Waals surface area contributed by atoms with Crippen LogP contribution in [0.25, 0.3) is 0 Å². The van der Waals surface area contributed by atoms with Gasteiger partial charge < -0.3 is 10.4 Å². The molecule has 3 heteroatoms. The van der Waals surface area contributed by atoms with Crippen LogP contribution in [0.15, 0.2) is 0 Å². The average molecular weight is 185 g/mol. The van der Waals surface area contributed by atoms with Crippen molar-refractivity contribution in [3.8, 4) is 0 Å². The van der Waals surface area contributed by atoms with Gasteiger partial charge in [-0.15, -0.1) is 0 Å². The van der Waals surface area contributed by atoms with Crippen molar-refractivity contribution in [3.05, 3.63) is 0 Å². The van der Waals surface area contributed by atoms with Crippen LogP contribution < -0.4 is 5.32 Å². The summed E-state index contributed by atoms with van der Waals surface area (Å²) in [6, 6.07) is -0.0475. The summed E-state index contributed by atoms with van der Waals surface area (Å²) in [7, 11) is 0. The Balaban J connectivity index is 2.51. The van der Waals surface area contributed by atoms with Gasteiger partial charge in [-0.3, -0.25) is 4.79 Å². The lowest BCUT2D eigenvalue weighted by Gasteiger charge is -2.37. The second-order valence-electron chi connectivity index (χ2n) is 4.08. The van der Waals surface area contributed by atoms with E-state index in [9.17, 15) is 9.90 Å². The molecule has 0 radical (unpaired) electrons. The molecule has 0 aliphatic heterocycles. The van der Waals surface area contributed by atoms with E-state index in [0.717, 1.165) is 25.7 Å². The van der Waals surface area contributed by atoms with E-state index in [4.69, 9.17) is 0 Å². The van der Waals surface area contributed by atoms with Crippen molar-refractivity contribution in [2.24, 2.45) is 0 Å². The monoisotopic (exact) mass is 185 g/mol. The Morgan fingerprint density at radius 2 is 2.31 bits per heavy atom. The highest BCUT2D eigenvalue weighted by Crippen LogP contribution is 2.27. The summed E-state index contributed by atoms with van der Waals surface area (Å²) in [5.41, 5.74) is -0.705. The Bertz CT molecular complexity index is 189. The zero-order valence-electron chi connectivity index (χ0n) is 8.47. The third kappa shape index (κ3) is 2.69. The first-order chi connectivity index (χ1) is 6.06. The number of carbonyl (C=O) groups is 1. The molecule has 1 aliphatic rings. The summed E-state index contributed by atoms with van der Waals surface area (Å²) < 4.78 is 0. The van der Waals surface area contributed by atoms with Gasteiger partial charge in [0, 0.05) is 6.42 Å². The first kappa shape index (κ1) is 10.5. The fraction of sp³-hybridized carbons (Fsp3) is 0.900. The number of carbonyl (C=O) groups excluding carboxylic acids is 1. The van der Waals surface area contributed by atoms with Crippen LogP contribution in [-0.2, 0) is 4.79 Å². The summed E-state index contributed by atoms with van der Waals surface area (Å²) >= 11 is 0. The molecule has 2 unspecified atom stereocenters. The summed E-state index contributed by atoms with van der Waals surface area (Å²) in [6.07, 6.45) is 4.35. The number of hydrogen-bond donors (Lipinski definition) is 2. The molecule has 13 heavy (non-hydrogen) atoms. The molecule has 0 aromatic rings. The maximum atomic E-state index is 11.1. The Kier molecular flexibility index (Phi) is 3.31. The van der Waals surface area contributed by atoms with Crippen molar-refractivity contribution >= 4 is 5.91 Å². The molecule has 3 nitrogen and oxygen atoms in total. The largest absolute Gasteiger partial charge is 0.388 e. The predicted molar refractivity (Wildman–Crippen MR) is 51.3 cm³/mol. The van der Waals surface area contributed by atoms with Crippen LogP contribution in [0.4, 0.5) is 0 Å². The molecule has 1 saturated carbocycles. The molecule has 1 rings (SSSR count). The van der Waals surface area contributed by atoms with Crippen LogP contribution in [0.2, 0.25) is 0 Å². The number of hydrogen-bond acceptors (Lipinski definition) is 2. The molecule has 2 N–H and O–H groups in total. The van der Waals surface area contributed by atoms with E-state index in [1.807, 2.05) is 13.8 Å². The van der Waals surface area contributed by atoms with Crippen molar-refractivity contribution in [2.45, 2.75) is 57.6 Å². The lowest BCUT2D eigenvalue weighted by molar-refractivity contribution is -0.124. The molecule has 0 saturated heterocycles. The standard InChI is InChI=1S/C10H19NO2/c1-3-9(12)11-8-6-4-5-7-10(8,2)13/h8,13H,3-7H2,1-2H3,(H,11,12). The Morgan fingerprint density at radius 3 is 2.85 bits per heavy atom.